The lowest BCUT2D eigenvalue weighted by molar-refractivity contribution is -0.0500. The molecule has 3 rings (SSSR count). The summed E-state index contributed by atoms with van der Waals surface area (Å²) in [5.41, 5.74) is -3.47. The Morgan fingerprint density at radius 3 is 2.76 bits per heavy atom. The van der Waals surface area contributed by atoms with Crippen molar-refractivity contribution in [2.75, 3.05) is 6.54 Å². The van der Waals surface area contributed by atoms with Crippen molar-refractivity contribution >= 4 is 10.1 Å². The van der Waals surface area contributed by atoms with Crippen LogP contribution in [-0.4, -0.2) is 26.5 Å². The highest BCUT2D eigenvalue weighted by molar-refractivity contribution is 7.88. The summed E-state index contributed by atoms with van der Waals surface area (Å²) in [6.45, 7) is 0.862. The van der Waals surface area contributed by atoms with Gasteiger partial charge in [-0.1, -0.05) is 6.07 Å². The van der Waals surface area contributed by atoms with Gasteiger partial charge in [-0.2, -0.15) is 21.6 Å². The fourth-order valence-electron chi connectivity index (χ4n) is 3.07. The number of rotatable bonds is 2. The van der Waals surface area contributed by atoms with Gasteiger partial charge in [0.1, 0.15) is 5.75 Å². The van der Waals surface area contributed by atoms with Gasteiger partial charge in [0.15, 0.2) is 0 Å². The summed E-state index contributed by atoms with van der Waals surface area (Å²) in [6.07, 6.45) is 2.61. The maximum Gasteiger partial charge on any atom is 0.534 e. The second-order valence-electron chi connectivity index (χ2n) is 5.42. The van der Waals surface area contributed by atoms with Crippen molar-refractivity contribution in [3.8, 4) is 5.75 Å². The van der Waals surface area contributed by atoms with Gasteiger partial charge in [-0.05, 0) is 55.0 Å². The Bertz CT molecular complexity index is 657. The van der Waals surface area contributed by atoms with Gasteiger partial charge in [0.2, 0.25) is 0 Å². The third-order valence-corrected chi connectivity index (χ3v) is 4.99. The van der Waals surface area contributed by atoms with Gasteiger partial charge in [-0.3, -0.25) is 0 Å². The van der Waals surface area contributed by atoms with Crippen molar-refractivity contribution in [1.29, 1.82) is 0 Å². The molecular formula is C13H14F3NO3S. The Balaban J connectivity index is 1.90. The van der Waals surface area contributed by atoms with E-state index < -0.39 is 15.6 Å². The minimum Gasteiger partial charge on any atom is -0.376 e. The fraction of sp³-hybridized carbons (Fsp3) is 0.538. The summed E-state index contributed by atoms with van der Waals surface area (Å²) in [5, 5.41) is 3.39. The van der Waals surface area contributed by atoms with Crippen LogP contribution in [0.15, 0.2) is 18.2 Å². The van der Waals surface area contributed by atoms with Gasteiger partial charge in [0.05, 0.1) is 0 Å². The Labute approximate surface area is 120 Å². The van der Waals surface area contributed by atoms with Crippen LogP contribution in [0.1, 0.15) is 29.9 Å². The summed E-state index contributed by atoms with van der Waals surface area (Å²) in [6, 6.07) is 4.76. The van der Waals surface area contributed by atoms with Crippen molar-refractivity contribution in [3.05, 3.63) is 29.3 Å². The van der Waals surface area contributed by atoms with E-state index in [1.54, 1.807) is 6.07 Å². The van der Waals surface area contributed by atoms with E-state index in [0.717, 1.165) is 36.9 Å². The van der Waals surface area contributed by atoms with E-state index in [1.807, 2.05) is 0 Å². The fourth-order valence-corrected chi connectivity index (χ4v) is 3.53. The van der Waals surface area contributed by atoms with Crippen LogP contribution in [0, 0.1) is 0 Å². The summed E-state index contributed by atoms with van der Waals surface area (Å²) in [7, 11) is -5.61. The molecule has 0 saturated carbocycles. The monoisotopic (exact) mass is 321 g/mol. The minimum absolute atomic E-state index is 0.247. The molecule has 1 aliphatic carbocycles. The van der Waals surface area contributed by atoms with Crippen LogP contribution in [0.25, 0.3) is 0 Å². The lowest BCUT2D eigenvalue weighted by Gasteiger charge is -2.37. The van der Waals surface area contributed by atoms with Gasteiger partial charge < -0.3 is 9.50 Å². The number of piperidine rings is 1. The third kappa shape index (κ3) is 2.74. The topological polar surface area (TPSA) is 55.4 Å². The molecule has 4 nitrogen and oxygen atoms in total. The van der Waals surface area contributed by atoms with E-state index in [-0.39, 0.29) is 11.7 Å². The molecule has 1 aromatic carbocycles. The number of hydrogen-bond acceptors (Lipinski definition) is 4. The number of benzene rings is 1. The molecule has 0 amide bonds. The number of nitrogens with one attached hydrogen (secondary N) is 1. The van der Waals surface area contributed by atoms with Crippen LogP contribution in [0.2, 0.25) is 0 Å². The zero-order chi connectivity index (χ0) is 15.3. The van der Waals surface area contributed by atoms with Gasteiger partial charge in [-0.25, -0.2) is 0 Å². The second kappa shape index (κ2) is 4.88. The SMILES string of the molecule is O=S(=O)(Oc1ccc2c(c1)C1CCNC(C2)C1)C(F)(F)F. The standard InChI is InChI=1S/C13H14F3NO3S/c14-13(15,16)21(18,19)20-11-2-1-8-5-10-6-9(3-4-17-10)12(8)7-11/h1-2,7,9-10,17H,3-6H2. The first kappa shape index (κ1) is 14.6. The molecule has 21 heavy (non-hydrogen) atoms. The Morgan fingerprint density at radius 1 is 1.29 bits per heavy atom. The smallest absolute Gasteiger partial charge is 0.376 e. The molecule has 1 fully saturated rings. The summed E-state index contributed by atoms with van der Waals surface area (Å²) >= 11 is 0. The molecule has 1 heterocycles. The first-order valence-electron chi connectivity index (χ1n) is 6.63. The molecule has 0 aromatic heterocycles. The molecule has 1 aliphatic heterocycles. The first-order chi connectivity index (χ1) is 9.76. The van der Waals surface area contributed by atoms with Gasteiger partial charge in [-0.15, -0.1) is 0 Å². The van der Waals surface area contributed by atoms with E-state index in [0.29, 0.717) is 6.04 Å². The highest BCUT2D eigenvalue weighted by atomic mass is 32.2. The number of halogens is 3. The predicted octanol–water partition coefficient (Wildman–Crippen LogP) is 2.31. The zero-order valence-electron chi connectivity index (χ0n) is 11.0. The normalized spacial score (nSPS) is 25.3. The molecule has 0 radical (unpaired) electrons. The van der Waals surface area contributed by atoms with Crippen molar-refractivity contribution < 1.29 is 25.8 Å². The molecular weight excluding hydrogens is 307 g/mol. The molecule has 1 saturated heterocycles. The van der Waals surface area contributed by atoms with E-state index in [1.165, 1.54) is 12.1 Å². The summed E-state index contributed by atoms with van der Waals surface area (Å²) in [4.78, 5) is 0. The van der Waals surface area contributed by atoms with E-state index in [9.17, 15) is 21.6 Å². The highest BCUT2D eigenvalue weighted by Crippen LogP contribution is 2.39. The Hall–Kier alpha value is -1.28. The lowest BCUT2D eigenvalue weighted by atomic mass is 9.76. The Morgan fingerprint density at radius 2 is 2.05 bits per heavy atom. The molecule has 2 aliphatic rings. The van der Waals surface area contributed by atoms with Crippen LogP contribution in [0.4, 0.5) is 13.2 Å². The largest absolute Gasteiger partial charge is 0.534 e. The van der Waals surface area contributed by atoms with E-state index in [2.05, 4.69) is 9.50 Å². The van der Waals surface area contributed by atoms with Gasteiger partial charge in [0.25, 0.3) is 0 Å². The maximum atomic E-state index is 12.3. The van der Waals surface area contributed by atoms with Gasteiger partial charge in [0, 0.05) is 6.04 Å². The second-order valence-corrected chi connectivity index (χ2v) is 6.96. The molecule has 0 spiro atoms. The van der Waals surface area contributed by atoms with Crippen LogP contribution in [0.3, 0.4) is 0 Å². The molecule has 2 atom stereocenters. The summed E-state index contributed by atoms with van der Waals surface area (Å²) < 4.78 is 63.3. The van der Waals surface area contributed by atoms with Crippen molar-refractivity contribution in [2.24, 2.45) is 0 Å². The average molecular weight is 321 g/mol. The third-order valence-electron chi connectivity index (χ3n) is 4.01. The molecule has 2 unspecified atom stereocenters. The molecule has 1 N–H and O–H groups in total. The maximum absolute atomic E-state index is 12.3. The quantitative estimate of drug-likeness (QED) is 0.671. The van der Waals surface area contributed by atoms with E-state index in [4.69, 9.17) is 0 Å². The number of fused-ring (bicyclic) bond motifs is 4. The van der Waals surface area contributed by atoms with Gasteiger partial charge >= 0.3 is 15.6 Å². The van der Waals surface area contributed by atoms with E-state index >= 15 is 0 Å². The summed E-state index contributed by atoms with van der Waals surface area (Å²) in [5.74, 6) is -0.0276. The molecule has 2 bridgehead atoms. The molecule has 8 heteroatoms. The van der Waals surface area contributed by atoms with Crippen LogP contribution in [0.5, 0.6) is 5.75 Å². The highest BCUT2D eigenvalue weighted by Gasteiger charge is 2.48. The van der Waals surface area contributed by atoms with Crippen LogP contribution >= 0.6 is 0 Å². The Kier molecular flexibility index (Phi) is 3.40. The predicted molar refractivity (Wildman–Crippen MR) is 69.5 cm³/mol. The molecule has 116 valence electrons. The minimum atomic E-state index is -5.61. The van der Waals surface area contributed by atoms with Crippen LogP contribution < -0.4 is 9.50 Å². The van der Waals surface area contributed by atoms with Crippen LogP contribution in [-0.2, 0) is 16.5 Å². The van der Waals surface area contributed by atoms with Crippen molar-refractivity contribution in [2.45, 2.75) is 36.7 Å². The molecule has 1 aromatic rings. The average Bonchev–Trinajstić information content (AvgIpc) is 2.38. The van der Waals surface area contributed by atoms with Crippen molar-refractivity contribution in [3.63, 3.8) is 0 Å². The number of alkyl halides is 3. The van der Waals surface area contributed by atoms with Crippen molar-refractivity contribution in [1.82, 2.24) is 5.32 Å². The first-order valence-corrected chi connectivity index (χ1v) is 8.04. The lowest BCUT2D eigenvalue weighted by Crippen LogP contribution is -2.42. The zero-order valence-corrected chi connectivity index (χ0v) is 11.8. The number of hydrogen-bond donors (Lipinski definition) is 1.